The summed E-state index contributed by atoms with van der Waals surface area (Å²) in [5.41, 5.74) is 0.775. The predicted octanol–water partition coefficient (Wildman–Crippen LogP) is 2.91. The molecule has 1 N–H and O–H groups in total. The molecule has 2 rings (SSSR count). The molecule has 1 aromatic heterocycles. The zero-order valence-corrected chi connectivity index (χ0v) is 12.1. The molecule has 0 amide bonds. The van der Waals surface area contributed by atoms with E-state index in [1.165, 1.54) is 6.07 Å². The van der Waals surface area contributed by atoms with Gasteiger partial charge in [0.1, 0.15) is 5.82 Å². The second kappa shape index (κ2) is 5.87. The molecule has 0 spiro atoms. The second-order valence-electron chi connectivity index (χ2n) is 4.20. The number of nitrogens with one attached hydrogen (secondary N) is 1. The van der Waals surface area contributed by atoms with Gasteiger partial charge < -0.3 is 0 Å². The van der Waals surface area contributed by atoms with E-state index in [2.05, 4.69) is 9.71 Å². The zero-order valence-electron chi connectivity index (χ0n) is 10.5. The van der Waals surface area contributed by atoms with Crippen molar-refractivity contribution in [3.63, 3.8) is 0 Å². The van der Waals surface area contributed by atoms with Crippen molar-refractivity contribution in [2.45, 2.75) is 17.9 Å². The number of nitrogens with zero attached hydrogens (tertiary/aromatic N) is 1. The molecule has 0 aliphatic heterocycles. The van der Waals surface area contributed by atoms with Crippen molar-refractivity contribution >= 4 is 21.6 Å². The van der Waals surface area contributed by atoms with Gasteiger partial charge in [-0.2, -0.15) is 0 Å². The first-order valence-corrected chi connectivity index (χ1v) is 7.63. The van der Waals surface area contributed by atoms with Crippen LogP contribution in [0.5, 0.6) is 0 Å². The molecule has 0 saturated heterocycles. The molecule has 1 heterocycles. The Morgan fingerprint density at radius 2 is 1.90 bits per heavy atom. The lowest BCUT2D eigenvalue weighted by Crippen LogP contribution is -2.26. The molecule has 0 aliphatic carbocycles. The SMILES string of the molecule is C[C@@H](NS(=O)(=O)c1ccc(F)c(Cl)c1)c1ccncc1. The maximum Gasteiger partial charge on any atom is 0.241 e. The number of hydrogen-bond acceptors (Lipinski definition) is 3. The van der Waals surface area contributed by atoms with E-state index in [4.69, 9.17) is 11.6 Å². The van der Waals surface area contributed by atoms with Gasteiger partial charge in [-0.15, -0.1) is 0 Å². The van der Waals surface area contributed by atoms with Crippen molar-refractivity contribution in [3.8, 4) is 0 Å². The van der Waals surface area contributed by atoms with Crippen molar-refractivity contribution in [2.24, 2.45) is 0 Å². The van der Waals surface area contributed by atoms with Gasteiger partial charge in [-0.3, -0.25) is 4.98 Å². The minimum absolute atomic E-state index is 0.0789. The van der Waals surface area contributed by atoms with Crippen molar-refractivity contribution in [2.75, 3.05) is 0 Å². The molecule has 1 atom stereocenters. The normalized spacial score (nSPS) is 13.2. The lowest BCUT2D eigenvalue weighted by Gasteiger charge is -2.14. The summed E-state index contributed by atoms with van der Waals surface area (Å²) in [6.07, 6.45) is 3.16. The van der Waals surface area contributed by atoms with Crippen LogP contribution in [-0.2, 0) is 10.0 Å². The molecule has 0 radical (unpaired) electrons. The van der Waals surface area contributed by atoms with E-state index < -0.39 is 21.9 Å². The fraction of sp³-hybridized carbons (Fsp3) is 0.154. The van der Waals surface area contributed by atoms with E-state index in [1.807, 2.05) is 0 Å². The largest absolute Gasteiger partial charge is 0.265 e. The van der Waals surface area contributed by atoms with Crippen LogP contribution in [0.25, 0.3) is 0 Å². The third kappa shape index (κ3) is 3.33. The Hall–Kier alpha value is -1.50. The Morgan fingerprint density at radius 1 is 1.25 bits per heavy atom. The number of aromatic nitrogens is 1. The third-order valence-corrected chi connectivity index (χ3v) is 4.57. The van der Waals surface area contributed by atoms with Crippen LogP contribution in [0.1, 0.15) is 18.5 Å². The minimum atomic E-state index is -3.77. The molecule has 2 aromatic rings. The topological polar surface area (TPSA) is 59.1 Å². The molecule has 0 saturated carbocycles. The molecule has 1 aromatic carbocycles. The summed E-state index contributed by atoms with van der Waals surface area (Å²) in [4.78, 5) is 3.79. The lowest BCUT2D eigenvalue weighted by molar-refractivity contribution is 0.566. The third-order valence-electron chi connectivity index (χ3n) is 2.74. The van der Waals surface area contributed by atoms with Crippen LogP contribution in [0.4, 0.5) is 4.39 Å². The van der Waals surface area contributed by atoms with Crippen LogP contribution in [-0.4, -0.2) is 13.4 Å². The van der Waals surface area contributed by atoms with Crippen molar-refractivity contribution in [1.82, 2.24) is 9.71 Å². The van der Waals surface area contributed by atoms with Crippen molar-refractivity contribution < 1.29 is 12.8 Å². The predicted molar refractivity (Wildman–Crippen MR) is 74.4 cm³/mol. The Bertz CT molecular complexity index is 708. The van der Waals surface area contributed by atoms with Gasteiger partial charge in [0.05, 0.1) is 9.92 Å². The first-order chi connectivity index (χ1) is 9.40. The van der Waals surface area contributed by atoms with Crippen LogP contribution < -0.4 is 4.72 Å². The monoisotopic (exact) mass is 314 g/mol. The highest BCUT2D eigenvalue weighted by molar-refractivity contribution is 7.89. The zero-order chi connectivity index (χ0) is 14.8. The highest BCUT2D eigenvalue weighted by Gasteiger charge is 2.19. The molecule has 106 valence electrons. The fourth-order valence-electron chi connectivity index (χ4n) is 1.66. The maximum absolute atomic E-state index is 13.1. The average Bonchev–Trinajstić information content (AvgIpc) is 2.42. The van der Waals surface area contributed by atoms with Crippen LogP contribution in [0.3, 0.4) is 0 Å². The molecule has 0 fully saturated rings. The van der Waals surface area contributed by atoms with Gasteiger partial charge in [-0.05, 0) is 42.8 Å². The molecule has 0 aliphatic rings. The molecule has 7 heteroatoms. The first kappa shape index (κ1) is 14.9. The summed E-state index contributed by atoms with van der Waals surface area (Å²) in [6, 6.07) is 6.26. The van der Waals surface area contributed by atoms with Gasteiger partial charge in [0.2, 0.25) is 10.0 Å². The number of sulfonamides is 1. The highest BCUT2D eigenvalue weighted by Crippen LogP contribution is 2.21. The number of pyridine rings is 1. The Kier molecular flexibility index (Phi) is 4.37. The van der Waals surface area contributed by atoms with Gasteiger partial charge in [-0.1, -0.05) is 11.6 Å². The quantitative estimate of drug-likeness (QED) is 0.944. The van der Waals surface area contributed by atoms with Crippen LogP contribution in [0, 0.1) is 5.82 Å². The van der Waals surface area contributed by atoms with Crippen LogP contribution in [0.2, 0.25) is 5.02 Å². The summed E-state index contributed by atoms with van der Waals surface area (Å²) in [5.74, 6) is -0.659. The van der Waals surface area contributed by atoms with Crippen LogP contribution >= 0.6 is 11.6 Å². The van der Waals surface area contributed by atoms with E-state index in [0.29, 0.717) is 0 Å². The Balaban J connectivity index is 2.25. The van der Waals surface area contributed by atoms with E-state index in [-0.39, 0.29) is 9.92 Å². The molecule has 0 unspecified atom stereocenters. The molecule has 0 bridgehead atoms. The van der Waals surface area contributed by atoms with E-state index in [1.54, 1.807) is 31.5 Å². The minimum Gasteiger partial charge on any atom is -0.265 e. The molecule has 20 heavy (non-hydrogen) atoms. The smallest absolute Gasteiger partial charge is 0.241 e. The average molecular weight is 315 g/mol. The summed E-state index contributed by atoms with van der Waals surface area (Å²) >= 11 is 5.60. The summed E-state index contributed by atoms with van der Waals surface area (Å²) in [5, 5.41) is -0.232. The molecular weight excluding hydrogens is 303 g/mol. The summed E-state index contributed by atoms with van der Waals surface area (Å²) in [7, 11) is -3.77. The maximum atomic E-state index is 13.1. The number of halogens is 2. The van der Waals surface area contributed by atoms with Crippen molar-refractivity contribution in [1.29, 1.82) is 0 Å². The number of rotatable bonds is 4. The lowest BCUT2D eigenvalue weighted by atomic mass is 10.1. The van der Waals surface area contributed by atoms with E-state index in [0.717, 1.165) is 17.7 Å². The van der Waals surface area contributed by atoms with Gasteiger partial charge in [-0.25, -0.2) is 17.5 Å². The van der Waals surface area contributed by atoms with E-state index in [9.17, 15) is 12.8 Å². The number of benzene rings is 1. The van der Waals surface area contributed by atoms with E-state index >= 15 is 0 Å². The second-order valence-corrected chi connectivity index (χ2v) is 6.32. The van der Waals surface area contributed by atoms with Crippen molar-refractivity contribution in [3.05, 3.63) is 59.1 Å². The first-order valence-electron chi connectivity index (χ1n) is 5.77. The van der Waals surface area contributed by atoms with Crippen LogP contribution in [0.15, 0.2) is 47.6 Å². The summed E-state index contributed by atoms with van der Waals surface area (Å²) < 4.78 is 39.9. The molecular formula is C13H12ClFN2O2S. The fourth-order valence-corrected chi connectivity index (χ4v) is 3.17. The molecule has 4 nitrogen and oxygen atoms in total. The Morgan fingerprint density at radius 3 is 2.50 bits per heavy atom. The van der Waals surface area contributed by atoms with Gasteiger partial charge in [0, 0.05) is 18.4 Å². The Labute approximate surface area is 121 Å². The highest BCUT2D eigenvalue weighted by atomic mass is 35.5. The number of hydrogen-bond donors (Lipinski definition) is 1. The standard InChI is InChI=1S/C13H12ClFN2O2S/c1-9(10-4-6-16-7-5-10)17-20(18,19)11-2-3-13(15)12(14)8-11/h2-9,17H,1H3/t9-/m1/s1. The van der Waals surface area contributed by atoms with Gasteiger partial charge >= 0.3 is 0 Å². The van der Waals surface area contributed by atoms with Gasteiger partial charge in [0.25, 0.3) is 0 Å². The summed E-state index contributed by atoms with van der Waals surface area (Å²) in [6.45, 7) is 1.71. The van der Waals surface area contributed by atoms with Gasteiger partial charge in [0.15, 0.2) is 0 Å².